The van der Waals surface area contributed by atoms with Crippen molar-refractivity contribution in [2.75, 3.05) is 11.9 Å². The van der Waals surface area contributed by atoms with Crippen LogP contribution in [0.4, 0.5) is 5.69 Å². The summed E-state index contributed by atoms with van der Waals surface area (Å²) in [6.07, 6.45) is 0. The molecule has 0 aromatic heterocycles. The van der Waals surface area contributed by atoms with Gasteiger partial charge in [0.05, 0.1) is 0 Å². The standard InChI is InChI=1S/C17H18ClNO2/c1-11-4-7-16(13(3)8-11)21-10-17(20)19-15-6-5-14(18)9-12(15)2/h4-9H,10H2,1-3H3,(H,19,20). The van der Waals surface area contributed by atoms with Gasteiger partial charge in [-0.25, -0.2) is 0 Å². The van der Waals surface area contributed by atoms with Gasteiger partial charge >= 0.3 is 0 Å². The Balaban J connectivity index is 1.96. The molecule has 0 fully saturated rings. The lowest BCUT2D eigenvalue weighted by Gasteiger charge is -2.11. The van der Waals surface area contributed by atoms with Gasteiger partial charge in [-0.3, -0.25) is 4.79 Å². The maximum atomic E-state index is 11.9. The Labute approximate surface area is 129 Å². The lowest BCUT2D eigenvalue weighted by Crippen LogP contribution is -2.20. The van der Waals surface area contributed by atoms with E-state index >= 15 is 0 Å². The molecule has 1 N–H and O–H groups in total. The highest BCUT2D eigenvalue weighted by Gasteiger charge is 2.07. The molecule has 0 saturated carbocycles. The third-order valence-corrected chi connectivity index (χ3v) is 3.39. The molecule has 0 bridgehead atoms. The summed E-state index contributed by atoms with van der Waals surface area (Å²) in [5, 5.41) is 3.47. The zero-order chi connectivity index (χ0) is 15.4. The van der Waals surface area contributed by atoms with Crippen LogP contribution in [0.25, 0.3) is 0 Å². The molecule has 0 aliphatic heterocycles. The monoisotopic (exact) mass is 303 g/mol. The number of benzene rings is 2. The van der Waals surface area contributed by atoms with Crippen molar-refractivity contribution in [2.24, 2.45) is 0 Å². The molecule has 2 rings (SSSR count). The van der Waals surface area contributed by atoms with E-state index in [2.05, 4.69) is 5.32 Å². The van der Waals surface area contributed by atoms with E-state index in [0.717, 1.165) is 22.6 Å². The Morgan fingerprint density at radius 1 is 1.10 bits per heavy atom. The zero-order valence-corrected chi connectivity index (χ0v) is 13.1. The molecular weight excluding hydrogens is 286 g/mol. The number of hydrogen-bond acceptors (Lipinski definition) is 2. The van der Waals surface area contributed by atoms with E-state index in [1.807, 2.05) is 45.0 Å². The second-order valence-corrected chi connectivity index (χ2v) is 5.50. The summed E-state index contributed by atoms with van der Waals surface area (Å²) in [4.78, 5) is 11.9. The van der Waals surface area contributed by atoms with Crippen molar-refractivity contribution in [3.05, 3.63) is 58.1 Å². The Kier molecular flexibility index (Phi) is 4.86. The number of anilines is 1. The highest BCUT2D eigenvalue weighted by atomic mass is 35.5. The van der Waals surface area contributed by atoms with Crippen LogP contribution in [0, 0.1) is 20.8 Å². The first-order valence-corrected chi connectivity index (χ1v) is 7.09. The van der Waals surface area contributed by atoms with Crippen LogP contribution in [0.3, 0.4) is 0 Å². The van der Waals surface area contributed by atoms with Gasteiger partial charge in [-0.05, 0) is 56.2 Å². The predicted octanol–water partition coefficient (Wildman–Crippen LogP) is 4.28. The largest absolute Gasteiger partial charge is 0.483 e. The number of amides is 1. The van der Waals surface area contributed by atoms with Crippen LogP contribution in [0.15, 0.2) is 36.4 Å². The molecule has 3 nitrogen and oxygen atoms in total. The lowest BCUT2D eigenvalue weighted by atomic mass is 10.1. The first-order chi connectivity index (χ1) is 9.95. The van der Waals surface area contributed by atoms with Crippen molar-refractivity contribution < 1.29 is 9.53 Å². The molecular formula is C17H18ClNO2. The summed E-state index contributed by atoms with van der Waals surface area (Å²) in [6.45, 7) is 5.86. The fourth-order valence-corrected chi connectivity index (χ4v) is 2.28. The SMILES string of the molecule is Cc1ccc(OCC(=O)Nc2ccc(Cl)cc2C)c(C)c1. The van der Waals surface area contributed by atoms with Crippen LogP contribution in [0.5, 0.6) is 5.75 Å². The molecule has 0 unspecified atom stereocenters. The Bertz CT molecular complexity index is 668. The van der Waals surface area contributed by atoms with Crippen LogP contribution in [0.1, 0.15) is 16.7 Å². The number of hydrogen-bond donors (Lipinski definition) is 1. The molecule has 4 heteroatoms. The minimum Gasteiger partial charge on any atom is -0.483 e. The smallest absolute Gasteiger partial charge is 0.262 e. The average molecular weight is 304 g/mol. The first-order valence-electron chi connectivity index (χ1n) is 6.72. The van der Waals surface area contributed by atoms with Crippen molar-refractivity contribution in [1.29, 1.82) is 0 Å². The van der Waals surface area contributed by atoms with E-state index in [4.69, 9.17) is 16.3 Å². The molecule has 0 radical (unpaired) electrons. The maximum Gasteiger partial charge on any atom is 0.262 e. The van der Waals surface area contributed by atoms with Crippen molar-refractivity contribution in [2.45, 2.75) is 20.8 Å². The summed E-state index contributed by atoms with van der Waals surface area (Å²) in [5.41, 5.74) is 3.85. The molecule has 0 aliphatic carbocycles. The van der Waals surface area contributed by atoms with Gasteiger partial charge in [0.2, 0.25) is 0 Å². The van der Waals surface area contributed by atoms with Gasteiger partial charge in [0.1, 0.15) is 5.75 Å². The lowest BCUT2D eigenvalue weighted by molar-refractivity contribution is -0.118. The molecule has 110 valence electrons. The van der Waals surface area contributed by atoms with Crippen molar-refractivity contribution >= 4 is 23.2 Å². The first kappa shape index (κ1) is 15.4. The third kappa shape index (κ3) is 4.23. The molecule has 1 amide bonds. The second kappa shape index (κ2) is 6.64. The number of carbonyl (C=O) groups is 1. The zero-order valence-electron chi connectivity index (χ0n) is 12.4. The summed E-state index contributed by atoms with van der Waals surface area (Å²) in [6, 6.07) is 11.2. The molecule has 21 heavy (non-hydrogen) atoms. The van der Waals surface area contributed by atoms with Crippen LogP contribution >= 0.6 is 11.6 Å². The fraction of sp³-hybridized carbons (Fsp3) is 0.235. The van der Waals surface area contributed by atoms with Crippen LogP contribution in [-0.4, -0.2) is 12.5 Å². The van der Waals surface area contributed by atoms with E-state index in [9.17, 15) is 4.79 Å². The van der Waals surface area contributed by atoms with Gasteiger partial charge in [-0.15, -0.1) is 0 Å². The average Bonchev–Trinajstić information content (AvgIpc) is 2.41. The normalized spacial score (nSPS) is 10.3. The van der Waals surface area contributed by atoms with Gasteiger partial charge < -0.3 is 10.1 Å². The van der Waals surface area contributed by atoms with Gasteiger partial charge in [-0.1, -0.05) is 29.3 Å². The van der Waals surface area contributed by atoms with Crippen LogP contribution in [-0.2, 0) is 4.79 Å². The number of carbonyl (C=O) groups excluding carboxylic acids is 1. The van der Waals surface area contributed by atoms with Crippen LogP contribution < -0.4 is 10.1 Å². The van der Waals surface area contributed by atoms with Crippen molar-refractivity contribution in [3.63, 3.8) is 0 Å². The molecule has 0 atom stereocenters. The predicted molar refractivity (Wildman–Crippen MR) is 86.2 cm³/mol. The van der Waals surface area contributed by atoms with E-state index < -0.39 is 0 Å². The van der Waals surface area contributed by atoms with Crippen molar-refractivity contribution in [3.8, 4) is 5.75 Å². The Hall–Kier alpha value is -2.00. The quantitative estimate of drug-likeness (QED) is 0.915. The third-order valence-electron chi connectivity index (χ3n) is 3.15. The number of rotatable bonds is 4. The summed E-state index contributed by atoms with van der Waals surface area (Å²) in [5.74, 6) is 0.531. The van der Waals surface area contributed by atoms with Gasteiger partial charge in [0, 0.05) is 10.7 Å². The summed E-state index contributed by atoms with van der Waals surface area (Å²) >= 11 is 5.89. The molecule has 0 spiro atoms. The van der Waals surface area contributed by atoms with E-state index in [1.165, 1.54) is 5.56 Å². The fourth-order valence-electron chi connectivity index (χ4n) is 2.06. The topological polar surface area (TPSA) is 38.3 Å². The highest BCUT2D eigenvalue weighted by Crippen LogP contribution is 2.20. The molecule has 2 aromatic carbocycles. The Morgan fingerprint density at radius 2 is 1.86 bits per heavy atom. The van der Waals surface area contributed by atoms with Crippen LogP contribution in [0.2, 0.25) is 5.02 Å². The van der Waals surface area contributed by atoms with E-state index in [-0.39, 0.29) is 12.5 Å². The van der Waals surface area contributed by atoms with Crippen molar-refractivity contribution in [1.82, 2.24) is 0 Å². The Morgan fingerprint density at radius 3 is 2.52 bits per heavy atom. The number of aryl methyl sites for hydroxylation is 3. The highest BCUT2D eigenvalue weighted by molar-refractivity contribution is 6.30. The van der Waals surface area contributed by atoms with E-state index in [0.29, 0.717) is 5.02 Å². The van der Waals surface area contributed by atoms with Gasteiger partial charge in [-0.2, -0.15) is 0 Å². The number of nitrogens with one attached hydrogen (secondary N) is 1. The van der Waals surface area contributed by atoms with Gasteiger partial charge in [0.15, 0.2) is 6.61 Å². The van der Waals surface area contributed by atoms with Gasteiger partial charge in [0.25, 0.3) is 5.91 Å². The minimum absolute atomic E-state index is 0.0219. The molecule has 0 saturated heterocycles. The molecule has 0 heterocycles. The summed E-state index contributed by atoms with van der Waals surface area (Å²) < 4.78 is 5.55. The maximum absolute atomic E-state index is 11.9. The second-order valence-electron chi connectivity index (χ2n) is 5.07. The molecule has 0 aliphatic rings. The minimum atomic E-state index is -0.194. The molecule has 2 aromatic rings. The summed E-state index contributed by atoms with van der Waals surface area (Å²) in [7, 11) is 0. The number of ether oxygens (including phenoxy) is 1. The number of halogens is 1. The van der Waals surface area contributed by atoms with E-state index in [1.54, 1.807) is 12.1 Å².